The lowest BCUT2D eigenvalue weighted by Crippen LogP contribution is -2.38. The molecule has 2 atom stereocenters. The summed E-state index contributed by atoms with van der Waals surface area (Å²) in [6.07, 6.45) is 3.33. The fourth-order valence-corrected chi connectivity index (χ4v) is 4.51. The SMILES string of the molecule is Cc1ccc(-c2nc3ccc(N)cn3c2CN2CC(C)CC(C)C2)cc1C. The van der Waals surface area contributed by atoms with Gasteiger partial charge in [0.1, 0.15) is 5.65 Å². The van der Waals surface area contributed by atoms with E-state index in [4.69, 9.17) is 10.7 Å². The number of nitrogen functional groups attached to an aromatic ring is 1. The molecular weight excluding hydrogens is 332 g/mol. The summed E-state index contributed by atoms with van der Waals surface area (Å²) in [5.74, 6) is 1.48. The molecule has 142 valence electrons. The van der Waals surface area contributed by atoms with Gasteiger partial charge in [0, 0.05) is 37.1 Å². The number of nitrogens with two attached hydrogens (primary N) is 1. The molecule has 2 N–H and O–H groups in total. The van der Waals surface area contributed by atoms with Crippen molar-refractivity contribution < 1.29 is 0 Å². The fourth-order valence-electron chi connectivity index (χ4n) is 4.51. The molecule has 3 aromatic rings. The van der Waals surface area contributed by atoms with Crippen molar-refractivity contribution in [2.75, 3.05) is 18.8 Å². The first-order valence-electron chi connectivity index (χ1n) is 9.97. The van der Waals surface area contributed by atoms with E-state index in [1.807, 2.05) is 18.3 Å². The first-order chi connectivity index (χ1) is 12.9. The largest absolute Gasteiger partial charge is 0.398 e. The van der Waals surface area contributed by atoms with E-state index in [9.17, 15) is 0 Å². The molecule has 1 aromatic carbocycles. The van der Waals surface area contributed by atoms with Crippen LogP contribution in [0.15, 0.2) is 36.5 Å². The summed E-state index contributed by atoms with van der Waals surface area (Å²) in [6, 6.07) is 10.6. The van der Waals surface area contributed by atoms with E-state index in [0.717, 1.165) is 48.5 Å². The molecule has 0 radical (unpaired) electrons. The lowest BCUT2D eigenvalue weighted by molar-refractivity contribution is 0.133. The third-order valence-corrected chi connectivity index (χ3v) is 5.84. The van der Waals surface area contributed by atoms with Crippen molar-refractivity contribution in [2.24, 2.45) is 11.8 Å². The average Bonchev–Trinajstić information content (AvgIpc) is 2.94. The molecule has 4 nitrogen and oxygen atoms in total. The minimum atomic E-state index is 0.739. The Morgan fingerprint density at radius 2 is 1.78 bits per heavy atom. The highest BCUT2D eigenvalue weighted by Crippen LogP contribution is 2.30. The van der Waals surface area contributed by atoms with Crippen LogP contribution in [0.25, 0.3) is 16.9 Å². The van der Waals surface area contributed by atoms with Crippen molar-refractivity contribution in [3.05, 3.63) is 53.3 Å². The van der Waals surface area contributed by atoms with E-state index >= 15 is 0 Å². The normalized spacial score (nSPS) is 21.0. The van der Waals surface area contributed by atoms with Crippen LogP contribution in [0, 0.1) is 25.7 Å². The van der Waals surface area contributed by atoms with Gasteiger partial charge in [-0.2, -0.15) is 0 Å². The Morgan fingerprint density at radius 3 is 2.48 bits per heavy atom. The molecule has 1 aliphatic heterocycles. The van der Waals surface area contributed by atoms with Crippen molar-refractivity contribution >= 4 is 11.3 Å². The molecule has 1 fully saturated rings. The first-order valence-corrected chi connectivity index (χ1v) is 9.97. The van der Waals surface area contributed by atoms with Gasteiger partial charge in [0.25, 0.3) is 0 Å². The predicted molar refractivity (Wildman–Crippen MR) is 113 cm³/mol. The van der Waals surface area contributed by atoms with Gasteiger partial charge in [0.15, 0.2) is 0 Å². The first kappa shape index (κ1) is 18.1. The molecule has 0 saturated carbocycles. The molecule has 0 bridgehead atoms. The molecule has 0 spiro atoms. The van der Waals surface area contributed by atoms with Crippen LogP contribution in [0.5, 0.6) is 0 Å². The van der Waals surface area contributed by atoms with Crippen molar-refractivity contribution in [3.8, 4) is 11.3 Å². The molecule has 0 amide bonds. The lowest BCUT2D eigenvalue weighted by Gasteiger charge is -2.35. The van der Waals surface area contributed by atoms with Gasteiger partial charge in [-0.05, 0) is 61.4 Å². The van der Waals surface area contributed by atoms with Crippen LogP contribution in [0.1, 0.15) is 37.1 Å². The van der Waals surface area contributed by atoms with Crippen LogP contribution in [0.4, 0.5) is 5.69 Å². The van der Waals surface area contributed by atoms with Gasteiger partial charge in [-0.25, -0.2) is 4.98 Å². The number of imidazole rings is 1. The topological polar surface area (TPSA) is 46.6 Å². The number of aromatic nitrogens is 2. The van der Waals surface area contributed by atoms with Crippen LogP contribution in [0.2, 0.25) is 0 Å². The number of piperidine rings is 1. The van der Waals surface area contributed by atoms with Crippen molar-refractivity contribution in [1.82, 2.24) is 14.3 Å². The van der Waals surface area contributed by atoms with Gasteiger partial charge in [0.05, 0.1) is 11.4 Å². The molecule has 2 aromatic heterocycles. The number of anilines is 1. The van der Waals surface area contributed by atoms with Gasteiger partial charge in [-0.3, -0.25) is 4.90 Å². The Balaban J connectivity index is 1.81. The monoisotopic (exact) mass is 362 g/mol. The molecule has 4 heteroatoms. The lowest BCUT2D eigenvalue weighted by atomic mass is 9.91. The van der Waals surface area contributed by atoms with Crippen molar-refractivity contribution in [3.63, 3.8) is 0 Å². The van der Waals surface area contributed by atoms with Crippen LogP contribution >= 0.6 is 0 Å². The Morgan fingerprint density at radius 1 is 1.04 bits per heavy atom. The van der Waals surface area contributed by atoms with Gasteiger partial charge in [-0.1, -0.05) is 26.0 Å². The van der Waals surface area contributed by atoms with E-state index in [-0.39, 0.29) is 0 Å². The van der Waals surface area contributed by atoms with E-state index in [2.05, 4.69) is 55.2 Å². The van der Waals surface area contributed by atoms with Gasteiger partial charge in [0.2, 0.25) is 0 Å². The number of hydrogen-bond donors (Lipinski definition) is 1. The standard InChI is InChI=1S/C23H30N4/c1-15-9-16(2)12-26(11-15)14-21-23(19-6-5-17(3)18(4)10-19)25-22-8-7-20(24)13-27(21)22/h5-8,10,13,15-16H,9,11-12,14,24H2,1-4H3. The molecule has 2 unspecified atom stereocenters. The Hall–Kier alpha value is -2.33. The summed E-state index contributed by atoms with van der Waals surface area (Å²) < 4.78 is 2.18. The molecule has 3 heterocycles. The molecular formula is C23H30N4. The minimum absolute atomic E-state index is 0.739. The number of benzene rings is 1. The minimum Gasteiger partial charge on any atom is -0.398 e. The van der Waals surface area contributed by atoms with Crippen LogP contribution < -0.4 is 5.73 Å². The predicted octanol–water partition coefficient (Wildman–Crippen LogP) is 4.68. The van der Waals surface area contributed by atoms with E-state index in [0.29, 0.717) is 0 Å². The number of fused-ring (bicyclic) bond motifs is 1. The second-order valence-corrected chi connectivity index (χ2v) is 8.54. The maximum absolute atomic E-state index is 6.10. The highest BCUT2D eigenvalue weighted by atomic mass is 15.2. The van der Waals surface area contributed by atoms with Crippen LogP contribution in [-0.4, -0.2) is 27.4 Å². The van der Waals surface area contributed by atoms with Gasteiger partial charge in [-0.15, -0.1) is 0 Å². The maximum Gasteiger partial charge on any atom is 0.137 e. The summed E-state index contributed by atoms with van der Waals surface area (Å²) in [5.41, 5.74) is 14.0. The third-order valence-electron chi connectivity index (χ3n) is 5.84. The summed E-state index contributed by atoms with van der Waals surface area (Å²) in [6.45, 7) is 12.2. The number of likely N-dealkylation sites (tertiary alicyclic amines) is 1. The summed E-state index contributed by atoms with van der Waals surface area (Å²) in [5, 5.41) is 0. The smallest absolute Gasteiger partial charge is 0.137 e. The average molecular weight is 363 g/mol. The highest BCUT2D eigenvalue weighted by Gasteiger charge is 2.24. The summed E-state index contributed by atoms with van der Waals surface area (Å²) in [4.78, 5) is 7.56. The van der Waals surface area contributed by atoms with E-state index in [1.165, 1.54) is 28.8 Å². The molecule has 0 aliphatic carbocycles. The molecule has 1 aliphatic rings. The summed E-state index contributed by atoms with van der Waals surface area (Å²) in [7, 11) is 0. The van der Waals surface area contributed by atoms with Crippen LogP contribution in [0.3, 0.4) is 0 Å². The molecule has 4 rings (SSSR count). The summed E-state index contributed by atoms with van der Waals surface area (Å²) >= 11 is 0. The Labute approximate surface area is 162 Å². The maximum atomic E-state index is 6.10. The molecule has 27 heavy (non-hydrogen) atoms. The Kier molecular flexibility index (Phi) is 4.68. The number of rotatable bonds is 3. The van der Waals surface area contributed by atoms with Crippen molar-refractivity contribution in [2.45, 2.75) is 40.7 Å². The Bertz CT molecular complexity index is 962. The van der Waals surface area contributed by atoms with Gasteiger partial charge < -0.3 is 10.1 Å². The zero-order chi connectivity index (χ0) is 19.1. The number of aryl methyl sites for hydroxylation is 2. The quantitative estimate of drug-likeness (QED) is 0.736. The van der Waals surface area contributed by atoms with E-state index in [1.54, 1.807) is 0 Å². The number of hydrogen-bond acceptors (Lipinski definition) is 3. The third kappa shape index (κ3) is 3.59. The highest BCUT2D eigenvalue weighted by molar-refractivity contribution is 5.68. The van der Waals surface area contributed by atoms with Crippen LogP contribution in [-0.2, 0) is 6.54 Å². The second kappa shape index (κ2) is 7.01. The number of pyridine rings is 1. The van der Waals surface area contributed by atoms with Crippen molar-refractivity contribution in [1.29, 1.82) is 0 Å². The molecule has 1 saturated heterocycles. The fraction of sp³-hybridized carbons (Fsp3) is 0.435. The zero-order valence-electron chi connectivity index (χ0n) is 16.9. The zero-order valence-corrected chi connectivity index (χ0v) is 16.9. The van der Waals surface area contributed by atoms with Gasteiger partial charge >= 0.3 is 0 Å². The van der Waals surface area contributed by atoms with E-state index < -0.39 is 0 Å². The number of nitrogens with zero attached hydrogens (tertiary/aromatic N) is 3. The second-order valence-electron chi connectivity index (χ2n) is 8.54.